The summed E-state index contributed by atoms with van der Waals surface area (Å²) in [5.41, 5.74) is 2.31. The van der Waals surface area contributed by atoms with Crippen LogP contribution in [0.5, 0.6) is 5.75 Å². The van der Waals surface area contributed by atoms with Crippen LogP contribution in [0.2, 0.25) is 0 Å². The molecule has 2 N–H and O–H groups in total. The van der Waals surface area contributed by atoms with Crippen molar-refractivity contribution in [2.24, 2.45) is 0 Å². The lowest BCUT2D eigenvalue weighted by molar-refractivity contribution is -0.127. The number of H-pyrrole nitrogens is 1. The molecule has 0 spiro atoms. The molecule has 2 aromatic carbocycles. The smallest absolute Gasteiger partial charge is 0.260 e. The maximum atomic E-state index is 12.1. The summed E-state index contributed by atoms with van der Waals surface area (Å²) >= 11 is 1.75. The van der Waals surface area contributed by atoms with E-state index in [1.807, 2.05) is 42.5 Å². The van der Waals surface area contributed by atoms with Crippen molar-refractivity contribution in [3.8, 4) is 5.75 Å². The van der Waals surface area contributed by atoms with Crippen LogP contribution in [-0.2, 0) is 4.79 Å². The maximum Gasteiger partial charge on any atom is 0.260 e. The number of aromatic nitrogens is 1. The molecule has 5 heteroatoms. The quantitative estimate of drug-likeness (QED) is 0.495. The molecule has 0 unspecified atom stereocenters. The van der Waals surface area contributed by atoms with Crippen molar-refractivity contribution in [3.63, 3.8) is 0 Å². The van der Waals surface area contributed by atoms with E-state index in [0.29, 0.717) is 12.3 Å². The zero-order chi connectivity index (χ0) is 17.6. The first-order valence-corrected chi connectivity index (χ1v) is 9.33. The lowest BCUT2D eigenvalue weighted by Crippen LogP contribution is -2.37. The molecule has 4 nitrogen and oxygen atoms in total. The second-order valence-corrected chi connectivity index (χ2v) is 6.94. The number of thioether (sulfide) groups is 1. The summed E-state index contributed by atoms with van der Waals surface area (Å²) in [4.78, 5) is 16.8. The van der Waals surface area contributed by atoms with Crippen LogP contribution >= 0.6 is 11.8 Å². The zero-order valence-corrected chi connectivity index (χ0v) is 15.2. The van der Waals surface area contributed by atoms with Gasteiger partial charge >= 0.3 is 0 Å². The Morgan fingerprint density at radius 3 is 2.68 bits per heavy atom. The number of ether oxygens (including phenoxy) is 1. The molecule has 0 fully saturated rings. The number of carbonyl (C=O) groups is 1. The lowest BCUT2D eigenvalue weighted by Gasteiger charge is -2.14. The Bertz CT molecular complexity index is 845. The first-order valence-electron chi connectivity index (χ1n) is 8.34. The minimum Gasteiger partial charge on any atom is -0.481 e. The molecule has 1 amide bonds. The Morgan fingerprint density at radius 2 is 1.88 bits per heavy atom. The minimum absolute atomic E-state index is 0.0971. The molecular formula is C20H22N2O2S. The first kappa shape index (κ1) is 17.4. The van der Waals surface area contributed by atoms with Crippen LogP contribution in [-0.4, -0.2) is 29.3 Å². The molecule has 0 aliphatic carbocycles. The summed E-state index contributed by atoms with van der Waals surface area (Å²) in [7, 11) is 0. The molecule has 1 heterocycles. The van der Waals surface area contributed by atoms with Crippen LogP contribution in [0.3, 0.4) is 0 Å². The van der Waals surface area contributed by atoms with Crippen molar-refractivity contribution in [1.82, 2.24) is 10.3 Å². The van der Waals surface area contributed by atoms with E-state index in [0.717, 1.165) is 11.3 Å². The number of nitrogens with one attached hydrogen (secondary N) is 2. The molecule has 0 aliphatic rings. The number of fused-ring (bicyclic) bond motifs is 1. The van der Waals surface area contributed by atoms with Crippen molar-refractivity contribution < 1.29 is 9.53 Å². The second kappa shape index (κ2) is 8.12. The fourth-order valence-corrected chi connectivity index (χ4v) is 3.67. The highest BCUT2D eigenvalue weighted by molar-refractivity contribution is 7.99. The van der Waals surface area contributed by atoms with Crippen molar-refractivity contribution in [2.75, 3.05) is 12.3 Å². The van der Waals surface area contributed by atoms with E-state index in [1.165, 1.54) is 16.0 Å². The van der Waals surface area contributed by atoms with E-state index in [-0.39, 0.29) is 5.91 Å². The number of amides is 1. The van der Waals surface area contributed by atoms with Crippen LogP contribution in [0.15, 0.2) is 59.5 Å². The van der Waals surface area contributed by atoms with Crippen LogP contribution in [0, 0.1) is 6.92 Å². The van der Waals surface area contributed by atoms with Gasteiger partial charge in [0.15, 0.2) is 6.10 Å². The number of hydrogen-bond acceptors (Lipinski definition) is 3. The fourth-order valence-electron chi connectivity index (χ4n) is 2.66. The van der Waals surface area contributed by atoms with Gasteiger partial charge in [0, 0.05) is 33.8 Å². The Balaban J connectivity index is 1.47. The highest BCUT2D eigenvalue weighted by Crippen LogP contribution is 2.30. The average molecular weight is 354 g/mol. The number of carbonyl (C=O) groups excluding carboxylic acids is 1. The van der Waals surface area contributed by atoms with Gasteiger partial charge in [0.2, 0.25) is 0 Å². The van der Waals surface area contributed by atoms with Gasteiger partial charge in [-0.15, -0.1) is 11.8 Å². The molecule has 0 aliphatic heterocycles. The standard InChI is InChI=1S/C20H22N2O2S/c1-14-19(17-10-6-7-11-18(17)22-14)25-13-12-21-20(23)15(2)24-16-8-4-3-5-9-16/h3-11,15,22H,12-13H2,1-2H3,(H,21,23)/t15-/m1/s1. The average Bonchev–Trinajstić information content (AvgIpc) is 2.94. The summed E-state index contributed by atoms with van der Waals surface area (Å²) in [5, 5.41) is 4.17. The number of hydrogen-bond donors (Lipinski definition) is 2. The summed E-state index contributed by atoms with van der Waals surface area (Å²) in [6, 6.07) is 17.7. The molecule has 3 rings (SSSR count). The Kier molecular flexibility index (Phi) is 5.66. The van der Waals surface area contributed by atoms with Crippen molar-refractivity contribution in [1.29, 1.82) is 0 Å². The molecule has 3 aromatic rings. The monoisotopic (exact) mass is 354 g/mol. The molecule has 0 saturated carbocycles. The highest BCUT2D eigenvalue weighted by Gasteiger charge is 2.14. The van der Waals surface area contributed by atoms with Gasteiger partial charge in [-0.05, 0) is 32.0 Å². The summed E-state index contributed by atoms with van der Waals surface area (Å²) < 4.78 is 5.63. The second-order valence-electron chi connectivity index (χ2n) is 5.84. The third kappa shape index (κ3) is 4.37. The molecule has 0 bridgehead atoms. The van der Waals surface area contributed by atoms with E-state index in [2.05, 4.69) is 29.4 Å². The molecule has 1 aromatic heterocycles. The third-order valence-corrected chi connectivity index (χ3v) is 5.13. The van der Waals surface area contributed by atoms with Gasteiger partial charge in [0.1, 0.15) is 5.75 Å². The Labute approximate surface area is 152 Å². The van der Waals surface area contributed by atoms with E-state index in [9.17, 15) is 4.79 Å². The van der Waals surface area contributed by atoms with Gasteiger partial charge in [-0.3, -0.25) is 4.79 Å². The van der Waals surface area contributed by atoms with Gasteiger partial charge in [0.05, 0.1) is 0 Å². The third-order valence-electron chi connectivity index (χ3n) is 3.91. The first-order chi connectivity index (χ1) is 12.1. The van der Waals surface area contributed by atoms with Gasteiger partial charge in [-0.2, -0.15) is 0 Å². The van der Waals surface area contributed by atoms with E-state index in [4.69, 9.17) is 4.74 Å². The fraction of sp³-hybridized carbons (Fsp3) is 0.250. The Hall–Kier alpha value is -2.40. The maximum absolute atomic E-state index is 12.1. The van der Waals surface area contributed by atoms with E-state index >= 15 is 0 Å². The predicted molar refractivity (Wildman–Crippen MR) is 103 cm³/mol. The van der Waals surface area contributed by atoms with Crippen LogP contribution in [0.4, 0.5) is 0 Å². The summed E-state index contributed by atoms with van der Waals surface area (Å²) in [5.74, 6) is 1.42. The number of aryl methyl sites for hydroxylation is 1. The normalized spacial score (nSPS) is 12.1. The number of aromatic amines is 1. The largest absolute Gasteiger partial charge is 0.481 e. The molecular weight excluding hydrogens is 332 g/mol. The van der Waals surface area contributed by atoms with Gasteiger partial charge < -0.3 is 15.0 Å². The van der Waals surface area contributed by atoms with Crippen molar-refractivity contribution in [3.05, 3.63) is 60.3 Å². The molecule has 0 radical (unpaired) electrons. The number of rotatable bonds is 7. The topological polar surface area (TPSA) is 54.1 Å². The van der Waals surface area contributed by atoms with E-state index in [1.54, 1.807) is 18.7 Å². The molecule has 25 heavy (non-hydrogen) atoms. The molecule has 1 atom stereocenters. The highest BCUT2D eigenvalue weighted by atomic mass is 32.2. The molecule has 0 saturated heterocycles. The number of para-hydroxylation sites is 2. The molecule has 130 valence electrons. The van der Waals surface area contributed by atoms with Gasteiger partial charge in [-0.25, -0.2) is 0 Å². The predicted octanol–water partition coefficient (Wildman–Crippen LogP) is 4.15. The Morgan fingerprint density at radius 1 is 1.16 bits per heavy atom. The van der Waals surface area contributed by atoms with Crippen LogP contribution in [0.1, 0.15) is 12.6 Å². The van der Waals surface area contributed by atoms with Crippen molar-refractivity contribution >= 4 is 28.6 Å². The van der Waals surface area contributed by atoms with Crippen LogP contribution in [0.25, 0.3) is 10.9 Å². The zero-order valence-electron chi connectivity index (χ0n) is 14.4. The lowest BCUT2D eigenvalue weighted by atomic mass is 10.2. The minimum atomic E-state index is -0.512. The van der Waals surface area contributed by atoms with E-state index < -0.39 is 6.10 Å². The van der Waals surface area contributed by atoms with Gasteiger partial charge in [-0.1, -0.05) is 36.4 Å². The summed E-state index contributed by atoms with van der Waals surface area (Å²) in [6.45, 7) is 4.45. The van der Waals surface area contributed by atoms with Crippen molar-refractivity contribution in [2.45, 2.75) is 24.8 Å². The van der Waals surface area contributed by atoms with Gasteiger partial charge in [0.25, 0.3) is 5.91 Å². The number of benzene rings is 2. The van der Waals surface area contributed by atoms with Crippen LogP contribution < -0.4 is 10.1 Å². The summed E-state index contributed by atoms with van der Waals surface area (Å²) in [6.07, 6.45) is -0.512. The SMILES string of the molecule is Cc1[nH]c2ccccc2c1SCCNC(=O)[C@@H](C)Oc1ccccc1.